The number of amides is 1. The number of hydrogen-bond donors (Lipinski definition) is 0. The maximum atomic E-state index is 11.4. The first kappa shape index (κ1) is 13.5. The molecule has 2 rings (SSSR count). The SMILES string of the molecule is CC1CCC(=O)N1CC#CC[N+]1(C)CC1.[Br-]. The molecule has 0 N–H and O–H groups in total. The zero-order valence-electron chi connectivity index (χ0n) is 10.0. The highest BCUT2D eigenvalue weighted by Gasteiger charge is 2.35. The third-order valence-corrected chi connectivity index (χ3v) is 3.45. The van der Waals surface area contributed by atoms with E-state index in [1.54, 1.807) is 0 Å². The van der Waals surface area contributed by atoms with Crippen LogP contribution in [0.3, 0.4) is 0 Å². The Morgan fingerprint density at radius 2 is 2.12 bits per heavy atom. The molecule has 1 unspecified atom stereocenters. The highest BCUT2D eigenvalue weighted by molar-refractivity contribution is 5.78. The molecule has 1 amide bonds. The molecule has 2 saturated heterocycles. The average molecular weight is 287 g/mol. The van der Waals surface area contributed by atoms with Crippen molar-refractivity contribution in [3.8, 4) is 11.8 Å². The number of carbonyl (C=O) groups is 1. The van der Waals surface area contributed by atoms with Crippen LogP contribution in [0.25, 0.3) is 0 Å². The molecule has 0 radical (unpaired) electrons. The van der Waals surface area contributed by atoms with Crippen LogP contribution >= 0.6 is 0 Å². The topological polar surface area (TPSA) is 20.3 Å². The minimum absolute atomic E-state index is 0. The monoisotopic (exact) mass is 286 g/mol. The molecule has 2 heterocycles. The number of likely N-dealkylation sites (tertiary alicyclic amines) is 1. The Bertz CT molecular complexity index is 328. The summed E-state index contributed by atoms with van der Waals surface area (Å²) in [5.74, 6) is 6.58. The van der Waals surface area contributed by atoms with Crippen LogP contribution in [0.15, 0.2) is 0 Å². The highest BCUT2D eigenvalue weighted by Crippen LogP contribution is 2.17. The molecular formula is C12H19BrN2O. The molecule has 2 aliphatic heterocycles. The number of quaternary nitrogens is 1. The lowest BCUT2D eigenvalue weighted by Gasteiger charge is -2.18. The van der Waals surface area contributed by atoms with Gasteiger partial charge in [0.25, 0.3) is 0 Å². The van der Waals surface area contributed by atoms with Gasteiger partial charge in [-0.3, -0.25) is 4.79 Å². The molecule has 0 spiro atoms. The van der Waals surface area contributed by atoms with Gasteiger partial charge in [0, 0.05) is 12.5 Å². The van der Waals surface area contributed by atoms with Crippen molar-refractivity contribution < 1.29 is 26.3 Å². The predicted octanol–water partition coefficient (Wildman–Crippen LogP) is -2.54. The predicted molar refractivity (Wildman–Crippen MR) is 59.0 cm³/mol. The maximum absolute atomic E-state index is 11.4. The van der Waals surface area contributed by atoms with E-state index < -0.39 is 0 Å². The van der Waals surface area contributed by atoms with Gasteiger partial charge in [-0.1, -0.05) is 5.92 Å². The van der Waals surface area contributed by atoms with Crippen LogP contribution in [0.2, 0.25) is 0 Å². The van der Waals surface area contributed by atoms with Gasteiger partial charge in [-0.2, -0.15) is 0 Å². The zero-order valence-corrected chi connectivity index (χ0v) is 11.6. The molecule has 0 aromatic rings. The van der Waals surface area contributed by atoms with E-state index in [1.807, 2.05) is 4.90 Å². The van der Waals surface area contributed by atoms with Crippen molar-refractivity contribution in [1.29, 1.82) is 0 Å². The Morgan fingerprint density at radius 3 is 2.62 bits per heavy atom. The zero-order chi connectivity index (χ0) is 10.9. The molecule has 2 aliphatic rings. The van der Waals surface area contributed by atoms with Gasteiger partial charge in [-0.15, -0.1) is 0 Å². The average Bonchev–Trinajstić information content (AvgIpc) is 2.84. The first-order valence-corrected chi connectivity index (χ1v) is 5.69. The Kier molecular flexibility index (Phi) is 4.40. The van der Waals surface area contributed by atoms with E-state index >= 15 is 0 Å². The van der Waals surface area contributed by atoms with Crippen LogP contribution < -0.4 is 17.0 Å². The maximum Gasteiger partial charge on any atom is 0.223 e. The van der Waals surface area contributed by atoms with E-state index in [1.165, 1.54) is 13.1 Å². The lowest BCUT2D eigenvalue weighted by molar-refractivity contribution is -0.768. The van der Waals surface area contributed by atoms with Gasteiger partial charge in [0.2, 0.25) is 5.91 Å². The summed E-state index contributed by atoms with van der Waals surface area (Å²) in [7, 11) is 2.22. The van der Waals surface area contributed by atoms with Crippen LogP contribution in [-0.4, -0.2) is 54.6 Å². The second-order valence-electron chi connectivity index (χ2n) is 4.99. The van der Waals surface area contributed by atoms with Crippen molar-refractivity contribution in [3.05, 3.63) is 0 Å². The molecule has 2 fully saturated rings. The lowest BCUT2D eigenvalue weighted by atomic mass is 10.2. The van der Waals surface area contributed by atoms with E-state index in [9.17, 15) is 4.79 Å². The van der Waals surface area contributed by atoms with Crippen molar-refractivity contribution in [1.82, 2.24) is 4.90 Å². The molecular weight excluding hydrogens is 268 g/mol. The van der Waals surface area contributed by atoms with E-state index in [2.05, 4.69) is 25.8 Å². The van der Waals surface area contributed by atoms with E-state index in [0.29, 0.717) is 19.0 Å². The molecule has 4 heteroatoms. The van der Waals surface area contributed by atoms with E-state index in [4.69, 9.17) is 0 Å². The Hall–Kier alpha value is -0.530. The smallest absolute Gasteiger partial charge is 0.223 e. The largest absolute Gasteiger partial charge is 1.00 e. The van der Waals surface area contributed by atoms with Crippen molar-refractivity contribution in [3.63, 3.8) is 0 Å². The van der Waals surface area contributed by atoms with E-state index in [0.717, 1.165) is 17.4 Å². The third-order valence-electron chi connectivity index (χ3n) is 3.45. The van der Waals surface area contributed by atoms with E-state index in [-0.39, 0.29) is 22.9 Å². The Labute approximate surface area is 108 Å². The minimum atomic E-state index is 0. The summed E-state index contributed by atoms with van der Waals surface area (Å²) in [6.45, 7) is 6.18. The fourth-order valence-electron chi connectivity index (χ4n) is 1.84. The van der Waals surface area contributed by atoms with Gasteiger partial charge >= 0.3 is 0 Å². The summed E-state index contributed by atoms with van der Waals surface area (Å²) >= 11 is 0. The molecule has 0 aromatic carbocycles. The number of likely N-dealkylation sites (N-methyl/N-ethyl adjacent to an activating group) is 1. The Balaban J connectivity index is 0.00000128. The van der Waals surface area contributed by atoms with Crippen LogP contribution in [-0.2, 0) is 4.79 Å². The Morgan fingerprint density at radius 1 is 1.44 bits per heavy atom. The van der Waals surface area contributed by atoms with Gasteiger partial charge in [0.15, 0.2) is 0 Å². The fraction of sp³-hybridized carbons (Fsp3) is 0.750. The van der Waals surface area contributed by atoms with Gasteiger partial charge in [-0.25, -0.2) is 0 Å². The van der Waals surface area contributed by atoms with Gasteiger partial charge in [-0.05, 0) is 19.3 Å². The molecule has 90 valence electrons. The lowest BCUT2D eigenvalue weighted by Crippen LogP contribution is -3.00. The fourth-order valence-corrected chi connectivity index (χ4v) is 1.84. The number of halogens is 1. The highest BCUT2D eigenvalue weighted by atomic mass is 79.9. The van der Waals surface area contributed by atoms with Gasteiger partial charge in [0.1, 0.15) is 19.6 Å². The normalized spacial score (nSPS) is 25.8. The molecule has 16 heavy (non-hydrogen) atoms. The summed E-state index contributed by atoms with van der Waals surface area (Å²) in [4.78, 5) is 13.3. The summed E-state index contributed by atoms with van der Waals surface area (Å²) in [6.07, 6.45) is 1.70. The summed E-state index contributed by atoms with van der Waals surface area (Å²) in [6, 6.07) is 0.387. The van der Waals surface area contributed by atoms with Crippen LogP contribution in [0.4, 0.5) is 0 Å². The number of hydrogen-bond acceptors (Lipinski definition) is 1. The molecule has 1 atom stereocenters. The molecule has 0 aromatic heterocycles. The first-order valence-electron chi connectivity index (χ1n) is 5.69. The standard InChI is InChI=1S/C12H19N2O.BrH/c1-11-5-6-12(15)13(11)7-3-4-8-14(2)9-10-14;/h11H,5-10H2,1-2H3;1H/q+1;/p-1. The van der Waals surface area contributed by atoms with Crippen molar-refractivity contribution >= 4 is 5.91 Å². The van der Waals surface area contributed by atoms with Crippen molar-refractivity contribution in [2.75, 3.05) is 33.2 Å². The van der Waals surface area contributed by atoms with Crippen molar-refractivity contribution in [2.45, 2.75) is 25.8 Å². The summed E-state index contributed by atoms with van der Waals surface area (Å²) in [5.41, 5.74) is 0. The van der Waals surface area contributed by atoms with Crippen LogP contribution in [0.1, 0.15) is 19.8 Å². The molecule has 0 aliphatic carbocycles. The second kappa shape index (κ2) is 5.20. The summed E-state index contributed by atoms with van der Waals surface area (Å²) < 4.78 is 1.09. The number of carbonyl (C=O) groups excluding carboxylic acids is 1. The summed E-state index contributed by atoms with van der Waals surface area (Å²) in [5, 5.41) is 0. The van der Waals surface area contributed by atoms with Gasteiger partial charge in [0.05, 0.1) is 13.6 Å². The van der Waals surface area contributed by atoms with Gasteiger partial charge < -0.3 is 26.4 Å². The number of nitrogens with zero attached hydrogens (tertiary/aromatic N) is 2. The second-order valence-corrected chi connectivity index (χ2v) is 4.99. The molecule has 0 saturated carbocycles. The molecule has 0 bridgehead atoms. The third kappa shape index (κ3) is 3.23. The quantitative estimate of drug-likeness (QED) is 0.311. The number of rotatable bonds is 2. The minimum Gasteiger partial charge on any atom is -1.00 e. The molecule has 3 nitrogen and oxygen atoms in total. The van der Waals surface area contributed by atoms with Crippen LogP contribution in [0.5, 0.6) is 0 Å². The first-order chi connectivity index (χ1) is 7.11. The van der Waals surface area contributed by atoms with Crippen molar-refractivity contribution in [2.24, 2.45) is 0 Å². The van der Waals surface area contributed by atoms with Crippen LogP contribution in [0, 0.1) is 11.8 Å².